The van der Waals surface area contributed by atoms with E-state index < -0.39 is 0 Å². The van der Waals surface area contributed by atoms with Gasteiger partial charge in [-0.25, -0.2) is 0 Å². The Bertz CT molecular complexity index is 401. The van der Waals surface area contributed by atoms with Crippen molar-refractivity contribution in [3.8, 4) is 0 Å². The lowest BCUT2D eigenvalue weighted by molar-refractivity contribution is -0.0255. The summed E-state index contributed by atoms with van der Waals surface area (Å²) in [6, 6.07) is 11.2. The molecular weight excluding hydrogens is 246 g/mol. The topological polar surface area (TPSA) is 21.3 Å². The fourth-order valence-electron chi connectivity index (χ4n) is 3.32. The molecule has 2 nitrogen and oxygen atoms in total. The molecule has 0 spiro atoms. The van der Waals surface area contributed by atoms with Gasteiger partial charge < -0.3 is 10.1 Å². The van der Waals surface area contributed by atoms with Crippen molar-refractivity contribution in [2.45, 2.75) is 64.7 Å². The van der Waals surface area contributed by atoms with Crippen LogP contribution in [0, 0.1) is 5.92 Å². The van der Waals surface area contributed by atoms with E-state index in [9.17, 15) is 0 Å². The Hall–Kier alpha value is -0.860. The number of benzene rings is 1. The van der Waals surface area contributed by atoms with Crippen LogP contribution in [0.5, 0.6) is 0 Å². The van der Waals surface area contributed by atoms with E-state index in [4.69, 9.17) is 4.74 Å². The maximum Gasteiger partial charge on any atom is 0.0631 e. The average molecular weight is 275 g/mol. The van der Waals surface area contributed by atoms with Crippen molar-refractivity contribution < 1.29 is 4.74 Å². The molecule has 3 unspecified atom stereocenters. The van der Waals surface area contributed by atoms with Crippen LogP contribution in [0.2, 0.25) is 0 Å². The minimum atomic E-state index is 0.0742. The van der Waals surface area contributed by atoms with E-state index in [2.05, 4.69) is 63.3 Å². The number of ether oxygens (including phenoxy) is 1. The zero-order chi connectivity index (χ0) is 14.6. The molecule has 1 aromatic carbocycles. The summed E-state index contributed by atoms with van der Waals surface area (Å²) in [5.74, 6) is 0.580. The van der Waals surface area contributed by atoms with Gasteiger partial charge in [0.05, 0.1) is 11.7 Å². The standard InChI is InChI=1S/C18H29NO/c1-5-19-17(15-9-7-6-8-10-15)14(2)13-16-11-12-18(3,4)20-16/h6-10,14,16-17,19H,5,11-13H2,1-4H3. The van der Waals surface area contributed by atoms with E-state index in [0.29, 0.717) is 18.1 Å². The molecule has 0 saturated carbocycles. The minimum absolute atomic E-state index is 0.0742. The number of nitrogens with one attached hydrogen (secondary N) is 1. The molecule has 0 amide bonds. The summed E-state index contributed by atoms with van der Waals surface area (Å²) in [7, 11) is 0. The Morgan fingerprint density at radius 1 is 1.30 bits per heavy atom. The highest BCUT2D eigenvalue weighted by Gasteiger charge is 2.33. The maximum absolute atomic E-state index is 6.16. The third kappa shape index (κ3) is 4.07. The van der Waals surface area contributed by atoms with Crippen LogP contribution >= 0.6 is 0 Å². The first-order valence-electron chi connectivity index (χ1n) is 7.98. The fraction of sp³-hybridized carbons (Fsp3) is 0.667. The molecule has 20 heavy (non-hydrogen) atoms. The number of hydrogen-bond donors (Lipinski definition) is 1. The Balaban J connectivity index is 1.99. The van der Waals surface area contributed by atoms with Crippen LogP contribution in [-0.2, 0) is 4.74 Å². The Kier molecular flexibility index (Phi) is 5.22. The van der Waals surface area contributed by atoms with Crippen LogP contribution < -0.4 is 5.32 Å². The monoisotopic (exact) mass is 275 g/mol. The van der Waals surface area contributed by atoms with Gasteiger partial charge in [-0.3, -0.25) is 0 Å². The van der Waals surface area contributed by atoms with Crippen molar-refractivity contribution in [2.75, 3.05) is 6.54 Å². The van der Waals surface area contributed by atoms with Gasteiger partial charge in [0.15, 0.2) is 0 Å². The summed E-state index contributed by atoms with van der Waals surface area (Å²) >= 11 is 0. The second-order valence-electron chi connectivity index (χ2n) is 6.70. The van der Waals surface area contributed by atoms with Crippen LogP contribution in [0.15, 0.2) is 30.3 Å². The summed E-state index contributed by atoms with van der Waals surface area (Å²) in [4.78, 5) is 0. The van der Waals surface area contributed by atoms with Gasteiger partial charge in [0.25, 0.3) is 0 Å². The highest BCUT2D eigenvalue weighted by atomic mass is 16.5. The molecule has 2 heteroatoms. The molecule has 1 fully saturated rings. The molecule has 1 aromatic rings. The van der Waals surface area contributed by atoms with E-state index in [1.54, 1.807) is 0 Å². The summed E-state index contributed by atoms with van der Waals surface area (Å²) < 4.78 is 6.16. The van der Waals surface area contributed by atoms with Crippen LogP contribution in [0.25, 0.3) is 0 Å². The highest BCUT2D eigenvalue weighted by molar-refractivity contribution is 5.19. The van der Waals surface area contributed by atoms with Crippen molar-refractivity contribution in [3.63, 3.8) is 0 Å². The quantitative estimate of drug-likeness (QED) is 0.834. The Labute approximate surface area is 123 Å². The van der Waals surface area contributed by atoms with Gasteiger partial charge >= 0.3 is 0 Å². The molecule has 1 aliphatic heterocycles. The number of hydrogen-bond acceptors (Lipinski definition) is 2. The SMILES string of the molecule is CCNC(c1ccccc1)C(C)CC1CCC(C)(C)O1. The molecule has 3 atom stereocenters. The molecule has 2 rings (SSSR count). The van der Waals surface area contributed by atoms with Gasteiger partial charge in [0, 0.05) is 6.04 Å². The molecule has 0 bridgehead atoms. The smallest absolute Gasteiger partial charge is 0.0631 e. The summed E-state index contributed by atoms with van der Waals surface area (Å²) in [5, 5.41) is 3.64. The zero-order valence-corrected chi connectivity index (χ0v) is 13.4. The van der Waals surface area contributed by atoms with Gasteiger partial charge in [-0.15, -0.1) is 0 Å². The van der Waals surface area contributed by atoms with Gasteiger partial charge in [-0.05, 0) is 51.1 Å². The third-order valence-corrected chi connectivity index (χ3v) is 4.34. The first kappa shape index (κ1) is 15.5. The zero-order valence-electron chi connectivity index (χ0n) is 13.4. The lowest BCUT2D eigenvalue weighted by atomic mass is 9.89. The van der Waals surface area contributed by atoms with E-state index in [0.717, 1.165) is 13.0 Å². The third-order valence-electron chi connectivity index (χ3n) is 4.34. The van der Waals surface area contributed by atoms with E-state index >= 15 is 0 Å². The maximum atomic E-state index is 6.16. The van der Waals surface area contributed by atoms with Gasteiger partial charge in [0.2, 0.25) is 0 Å². The lowest BCUT2D eigenvalue weighted by Crippen LogP contribution is -2.29. The predicted octanol–water partition coefficient (Wildman–Crippen LogP) is 4.32. The molecule has 1 aliphatic rings. The van der Waals surface area contributed by atoms with Crippen molar-refractivity contribution in [1.29, 1.82) is 0 Å². The van der Waals surface area contributed by atoms with Crippen molar-refractivity contribution in [1.82, 2.24) is 5.32 Å². The molecular formula is C18H29NO. The van der Waals surface area contributed by atoms with Crippen LogP contribution in [-0.4, -0.2) is 18.2 Å². The summed E-state index contributed by atoms with van der Waals surface area (Å²) in [5.41, 5.74) is 1.46. The Morgan fingerprint density at radius 3 is 2.55 bits per heavy atom. The molecule has 1 N–H and O–H groups in total. The molecule has 0 aliphatic carbocycles. The largest absolute Gasteiger partial charge is 0.372 e. The van der Waals surface area contributed by atoms with Crippen molar-refractivity contribution in [3.05, 3.63) is 35.9 Å². The van der Waals surface area contributed by atoms with E-state index in [-0.39, 0.29) is 5.60 Å². The lowest BCUT2D eigenvalue weighted by Gasteiger charge is -2.28. The van der Waals surface area contributed by atoms with Crippen molar-refractivity contribution in [2.24, 2.45) is 5.92 Å². The first-order chi connectivity index (χ1) is 9.52. The fourth-order valence-corrected chi connectivity index (χ4v) is 3.32. The molecule has 0 radical (unpaired) electrons. The van der Waals surface area contributed by atoms with Gasteiger partial charge in [0.1, 0.15) is 0 Å². The molecule has 0 aromatic heterocycles. The number of rotatable bonds is 6. The van der Waals surface area contributed by atoms with Crippen LogP contribution in [0.3, 0.4) is 0 Å². The van der Waals surface area contributed by atoms with Crippen LogP contribution in [0.4, 0.5) is 0 Å². The molecule has 1 heterocycles. The summed E-state index contributed by atoms with van der Waals surface area (Å²) in [6.45, 7) is 9.93. The Morgan fingerprint density at radius 2 is 2.00 bits per heavy atom. The predicted molar refractivity (Wildman–Crippen MR) is 84.8 cm³/mol. The average Bonchev–Trinajstić information content (AvgIpc) is 2.76. The second kappa shape index (κ2) is 6.73. The summed E-state index contributed by atoms with van der Waals surface area (Å²) in [6.07, 6.45) is 3.94. The van der Waals surface area contributed by atoms with E-state index in [1.807, 2.05) is 0 Å². The van der Waals surface area contributed by atoms with Crippen molar-refractivity contribution >= 4 is 0 Å². The van der Waals surface area contributed by atoms with Crippen LogP contribution in [0.1, 0.15) is 58.6 Å². The second-order valence-corrected chi connectivity index (χ2v) is 6.70. The van der Waals surface area contributed by atoms with Gasteiger partial charge in [-0.2, -0.15) is 0 Å². The molecule has 1 saturated heterocycles. The highest BCUT2D eigenvalue weighted by Crippen LogP contribution is 2.35. The normalized spacial score (nSPS) is 24.5. The first-order valence-corrected chi connectivity index (χ1v) is 7.98. The minimum Gasteiger partial charge on any atom is -0.372 e. The van der Waals surface area contributed by atoms with Gasteiger partial charge in [-0.1, -0.05) is 44.2 Å². The molecule has 112 valence electrons. The van der Waals surface area contributed by atoms with E-state index in [1.165, 1.54) is 18.4 Å².